The van der Waals surface area contributed by atoms with Crippen molar-refractivity contribution >= 4 is 17.4 Å². The zero-order valence-electron chi connectivity index (χ0n) is 13.4. The van der Waals surface area contributed by atoms with Crippen molar-refractivity contribution in [1.82, 2.24) is 4.90 Å². The SMILES string of the molecule is C=C(CN(C)C)C(=O)/C(=C/c1cccc(F)c1)c1ccccc1. The highest BCUT2D eigenvalue weighted by atomic mass is 19.1. The van der Waals surface area contributed by atoms with E-state index in [0.29, 0.717) is 23.3 Å². The molecule has 2 rings (SSSR count). The molecule has 0 aliphatic heterocycles. The molecule has 0 heterocycles. The fourth-order valence-corrected chi connectivity index (χ4v) is 2.30. The van der Waals surface area contributed by atoms with E-state index in [4.69, 9.17) is 0 Å². The molecule has 0 atom stereocenters. The second kappa shape index (κ2) is 7.65. The van der Waals surface area contributed by atoms with Gasteiger partial charge in [0.2, 0.25) is 0 Å². The molecule has 0 aromatic heterocycles. The van der Waals surface area contributed by atoms with Crippen molar-refractivity contribution in [2.24, 2.45) is 0 Å². The molecule has 0 saturated carbocycles. The molecule has 3 heteroatoms. The van der Waals surface area contributed by atoms with Crippen molar-refractivity contribution in [3.8, 4) is 0 Å². The van der Waals surface area contributed by atoms with Gasteiger partial charge >= 0.3 is 0 Å². The molecule has 0 saturated heterocycles. The van der Waals surface area contributed by atoms with Crippen molar-refractivity contribution in [3.05, 3.63) is 83.7 Å². The van der Waals surface area contributed by atoms with Gasteiger partial charge in [0.15, 0.2) is 5.78 Å². The van der Waals surface area contributed by atoms with Crippen LogP contribution < -0.4 is 0 Å². The molecule has 0 unspecified atom stereocenters. The van der Waals surface area contributed by atoms with Crippen LogP contribution in [0.3, 0.4) is 0 Å². The maximum atomic E-state index is 13.4. The zero-order chi connectivity index (χ0) is 16.8. The average Bonchev–Trinajstić information content (AvgIpc) is 2.52. The maximum Gasteiger partial charge on any atom is 0.190 e. The predicted octanol–water partition coefficient (Wildman–Crippen LogP) is 4.05. The Labute approximate surface area is 136 Å². The Bertz CT molecular complexity index is 732. The van der Waals surface area contributed by atoms with Crippen LogP contribution in [-0.4, -0.2) is 31.3 Å². The second-order valence-electron chi connectivity index (χ2n) is 5.65. The number of hydrogen-bond donors (Lipinski definition) is 0. The Morgan fingerprint density at radius 3 is 2.43 bits per heavy atom. The van der Waals surface area contributed by atoms with Crippen molar-refractivity contribution in [1.29, 1.82) is 0 Å². The van der Waals surface area contributed by atoms with E-state index in [-0.39, 0.29) is 11.6 Å². The van der Waals surface area contributed by atoms with E-state index < -0.39 is 0 Å². The summed E-state index contributed by atoms with van der Waals surface area (Å²) in [6.07, 6.45) is 1.71. The molecule has 2 aromatic carbocycles. The number of carbonyl (C=O) groups excluding carboxylic acids is 1. The molecule has 0 amide bonds. The number of halogens is 1. The van der Waals surface area contributed by atoms with E-state index in [1.165, 1.54) is 12.1 Å². The lowest BCUT2D eigenvalue weighted by molar-refractivity contribution is -0.110. The summed E-state index contributed by atoms with van der Waals surface area (Å²) >= 11 is 0. The first kappa shape index (κ1) is 16.8. The monoisotopic (exact) mass is 309 g/mol. The van der Waals surface area contributed by atoms with E-state index in [1.54, 1.807) is 18.2 Å². The molecular formula is C20H20FNO. The molecule has 23 heavy (non-hydrogen) atoms. The Morgan fingerprint density at radius 2 is 1.83 bits per heavy atom. The number of nitrogens with zero attached hydrogens (tertiary/aromatic N) is 1. The predicted molar refractivity (Wildman–Crippen MR) is 93.4 cm³/mol. The summed E-state index contributed by atoms with van der Waals surface area (Å²) in [6.45, 7) is 4.37. The first-order valence-corrected chi connectivity index (χ1v) is 7.37. The Morgan fingerprint density at radius 1 is 1.13 bits per heavy atom. The Balaban J connectivity index is 2.44. The second-order valence-corrected chi connectivity index (χ2v) is 5.65. The molecule has 0 radical (unpaired) electrons. The summed E-state index contributed by atoms with van der Waals surface area (Å²) in [4.78, 5) is 14.7. The molecular weight excluding hydrogens is 289 g/mol. The largest absolute Gasteiger partial charge is 0.305 e. The number of benzene rings is 2. The molecule has 0 fully saturated rings. The molecule has 0 N–H and O–H groups in total. The zero-order valence-corrected chi connectivity index (χ0v) is 13.4. The summed E-state index contributed by atoms with van der Waals surface area (Å²) in [6, 6.07) is 15.6. The minimum absolute atomic E-state index is 0.130. The van der Waals surface area contributed by atoms with E-state index in [9.17, 15) is 9.18 Å². The van der Waals surface area contributed by atoms with Crippen molar-refractivity contribution < 1.29 is 9.18 Å². The summed E-state index contributed by atoms with van der Waals surface area (Å²) in [7, 11) is 3.77. The minimum atomic E-state index is -0.328. The van der Waals surface area contributed by atoms with Crippen molar-refractivity contribution in [2.75, 3.05) is 20.6 Å². The normalized spacial score (nSPS) is 11.6. The van der Waals surface area contributed by atoms with Gasteiger partial charge in [-0.25, -0.2) is 4.39 Å². The van der Waals surface area contributed by atoms with Gasteiger partial charge in [0.05, 0.1) is 0 Å². The average molecular weight is 309 g/mol. The summed E-state index contributed by atoms with van der Waals surface area (Å²) < 4.78 is 13.4. The molecule has 118 valence electrons. The van der Waals surface area contributed by atoms with Gasteiger partial charge in [-0.2, -0.15) is 0 Å². The number of hydrogen-bond acceptors (Lipinski definition) is 2. The van der Waals surface area contributed by atoms with Gasteiger partial charge in [-0.3, -0.25) is 4.79 Å². The lowest BCUT2D eigenvalue weighted by Gasteiger charge is -2.14. The highest BCUT2D eigenvalue weighted by Gasteiger charge is 2.16. The minimum Gasteiger partial charge on any atom is -0.305 e. The van der Waals surface area contributed by atoms with Crippen LogP contribution in [0.5, 0.6) is 0 Å². The third kappa shape index (κ3) is 4.73. The Hall–Kier alpha value is -2.52. The molecule has 0 aliphatic rings. The molecule has 2 aromatic rings. The summed E-state index contributed by atoms with van der Waals surface area (Å²) in [5, 5.41) is 0. The van der Waals surface area contributed by atoms with Gasteiger partial charge in [0.1, 0.15) is 5.82 Å². The van der Waals surface area contributed by atoms with Crippen LogP contribution in [0.15, 0.2) is 66.7 Å². The van der Waals surface area contributed by atoms with Gasteiger partial charge in [-0.1, -0.05) is 49.0 Å². The van der Waals surface area contributed by atoms with Crippen LogP contribution in [0.2, 0.25) is 0 Å². The van der Waals surface area contributed by atoms with Crippen LogP contribution in [0.25, 0.3) is 11.6 Å². The van der Waals surface area contributed by atoms with Crippen molar-refractivity contribution in [3.63, 3.8) is 0 Å². The fraction of sp³-hybridized carbons (Fsp3) is 0.150. The maximum absolute atomic E-state index is 13.4. The number of Topliss-reactive ketones (excluding diaryl/α,β-unsaturated/α-hetero) is 1. The van der Waals surface area contributed by atoms with Crippen LogP contribution in [0, 0.1) is 5.82 Å². The topological polar surface area (TPSA) is 20.3 Å². The van der Waals surface area contributed by atoms with E-state index in [1.807, 2.05) is 49.3 Å². The Kier molecular flexibility index (Phi) is 5.61. The van der Waals surface area contributed by atoms with Crippen LogP contribution in [-0.2, 0) is 4.79 Å². The van der Waals surface area contributed by atoms with Gasteiger partial charge in [0, 0.05) is 17.7 Å². The lowest BCUT2D eigenvalue weighted by atomic mass is 9.95. The first-order valence-electron chi connectivity index (χ1n) is 7.37. The van der Waals surface area contributed by atoms with Crippen LogP contribution in [0.1, 0.15) is 11.1 Å². The smallest absolute Gasteiger partial charge is 0.190 e. The van der Waals surface area contributed by atoms with Gasteiger partial charge < -0.3 is 4.90 Å². The molecule has 2 nitrogen and oxygen atoms in total. The van der Waals surface area contributed by atoms with E-state index >= 15 is 0 Å². The number of ketones is 1. The fourth-order valence-electron chi connectivity index (χ4n) is 2.30. The highest BCUT2D eigenvalue weighted by Crippen LogP contribution is 2.22. The number of carbonyl (C=O) groups is 1. The van der Waals surface area contributed by atoms with Crippen LogP contribution >= 0.6 is 0 Å². The third-order valence-electron chi connectivity index (χ3n) is 3.32. The summed E-state index contributed by atoms with van der Waals surface area (Å²) in [5.41, 5.74) is 2.46. The molecule has 0 aliphatic carbocycles. The van der Waals surface area contributed by atoms with E-state index in [2.05, 4.69) is 6.58 Å². The van der Waals surface area contributed by atoms with Gasteiger partial charge in [-0.05, 0) is 43.4 Å². The lowest BCUT2D eigenvalue weighted by Crippen LogP contribution is -2.19. The molecule has 0 spiro atoms. The van der Waals surface area contributed by atoms with Gasteiger partial charge in [0.25, 0.3) is 0 Å². The summed E-state index contributed by atoms with van der Waals surface area (Å²) in [5.74, 6) is -0.458. The number of allylic oxidation sites excluding steroid dienone is 1. The molecule has 0 bridgehead atoms. The van der Waals surface area contributed by atoms with Gasteiger partial charge in [-0.15, -0.1) is 0 Å². The van der Waals surface area contributed by atoms with E-state index in [0.717, 1.165) is 5.56 Å². The third-order valence-corrected chi connectivity index (χ3v) is 3.32. The van der Waals surface area contributed by atoms with Crippen LogP contribution in [0.4, 0.5) is 4.39 Å². The first-order chi connectivity index (χ1) is 11.0. The number of likely N-dealkylation sites (N-methyl/N-ethyl adjacent to an activating group) is 1. The standard InChI is InChI=1S/C20H20FNO/c1-15(14-22(2)3)20(23)19(17-9-5-4-6-10-17)13-16-8-7-11-18(21)12-16/h4-13H,1,14H2,2-3H3/b19-13+. The number of rotatable bonds is 6. The quantitative estimate of drug-likeness (QED) is 0.592. The highest BCUT2D eigenvalue weighted by molar-refractivity contribution is 6.32. The van der Waals surface area contributed by atoms with Crippen molar-refractivity contribution in [2.45, 2.75) is 0 Å².